The van der Waals surface area contributed by atoms with Gasteiger partial charge in [-0.3, -0.25) is 0 Å². The summed E-state index contributed by atoms with van der Waals surface area (Å²) in [5, 5.41) is 0. The van der Waals surface area contributed by atoms with Crippen LogP contribution in [0.4, 0.5) is 0 Å². The molecule has 0 heteroatoms. The molecule has 0 heterocycles. The largest absolute Gasteiger partial charge is 0.0654 e. The van der Waals surface area contributed by atoms with Gasteiger partial charge >= 0.3 is 0 Å². The minimum absolute atomic E-state index is 1.00. The van der Waals surface area contributed by atoms with Crippen molar-refractivity contribution in [1.82, 2.24) is 0 Å². The third-order valence-electron chi connectivity index (χ3n) is 13.1. The van der Waals surface area contributed by atoms with Gasteiger partial charge in [0.15, 0.2) is 0 Å². The Hall–Kier alpha value is 0. The molecule has 0 aromatic rings. The monoisotopic (exact) mass is 527 g/mol. The molecule has 10 atom stereocenters. The van der Waals surface area contributed by atoms with E-state index in [-0.39, 0.29) is 0 Å². The summed E-state index contributed by atoms with van der Waals surface area (Å²) in [4.78, 5) is 0. The lowest BCUT2D eigenvalue weighted by atomic mass is 9.57. The summed E-state index contributed by atoms with van der Waals surface area (Å²) in [7, 11) is 0. The van der Waals surface area contributed by atoms with Crippen molar-refractivity contribution >= 4 is 0 Å². The van der Waals surface area contributed by atoms with Crippen LogP contribution in [0.1, 0.15) is 176 Å². The van der Waals surface area contributed by atoms with Crippen LogP contribution >= 0.6 is 0 Å². The Morgan fingerprint density at radius 2 is 1.16 bits per heavy atom. The average Bonchev–Trinajstić information content (AvgIpc) is 3.58. The van der Waals surface area contributed by atoms with Gasteiger partial charge in [-0.25, -0.2) is 0 Å². The second kappa shape index (κ2) is 15.9. The Kier molecular flexibility index (Phi) is 12.9. The molecule has 0 amide bonds. The van der Waals surface area contributed by atoms with Crippen LogP contribution in [0.25, 0.3) is 0 Å². The first kappa shape index (κ1) is 30.9. The maximum absolute atomic E-state index is 2.62. The Labute approximate surface area is 240 Å². The highest BCUT2D eigenvalue weighted by molar-refractivity contribution is 4.96. The normalized spacial score (nSPS) is 42.9. The Balaban J connectivity index is 0.000000194. The molecular weight excluding hydrogens is 456 g/mol. The molecule has 0 bridgehead atoms. The molecule has 0 aliphatic heterocycles. The molecule has 5 fully saturated rings. The van der Waals surface area contributed by atoms with Crippen molar-refractivity contribution in [2.45, 2.75) is 176 Å². The van der Waals surface area contributed by atoms with Gasteiger partial charge in [0, 0.05) is 0 Å². The first-order valence-electron chi connectivity index (χ1n) is 18.5. The summed E-state index contributed by atoms with van der Waals surface area (Å²) >= 11 is 0. The zero-order valence-corrected chi connectivity index (χ0v) is 26.9. The first-order chi connectivity index (χ1) is 18.5. The maximum atomic E-state index is 2.62. The zero-order valence-electron chi connectivity index (χ0n) is 26.9. The molecule has 5 saturated carbocycles. The van der Waals surface area contributed by atoms with E-state index in [0.717, 1.165) is 65.1 Å². The third kappa shape index (κ3) is 8.28. The van der Waals surface area contributed by atoms with Crippen molar-refractivity contribution in [3.05, 3.63) is 0 Å². The first-order valence-corrected chi connectivity index (χ1v) is 18.5. The topological polar surface area (TPSA) is 0 Å². The van der Waals surface area contributed by atoms with Gasteiger partial charge in [0.2, 0.25) is 0 Å². The molecule has 0 N–H and O–H groups in total. The number of fused-ring (bicyclic) bond motifs is 1. The molecule has 222 valence electrons. The van der Waals surface area contributed by atoms with Gasteiger partial charge in [-0.2, -0.15) is 0 Å². The molecule has 38 heavy (non-hydrogen) atoms. The third-order valence-corrected chi connectivity index (χ3v) is 13.1. The Morgan fingerprint density at radius 3 is 1.82 bits per heavy atom. The fraction of sp³-hybridized carbons (Fsp3) is 1.00. The molecule has 0 radical (unpaired) electrons. The van der Waals surface area contributed by atoms with Crippen LogP contribution in [0, 0.1) is 65.1 Å². The standard InChI is InChI=1S/C23H42.C15H28/c1-3-4-15-21-18(2)17-20-14-11-16-22(20)23(21)19-12-9-7-5-6-8-10-13-19;1-4-13-9-12(3)6-8-15(13)14-7-5-11(2)10-14/h18-23H,3-17H2,1-2H3;11-15H,4-10H2,1-3H3. The van der Waals surface area contributed by atoms with E-state index in [4.69, 9.17) is 0 Å². The van der Waals surface area contributed by atoms with Crippen molar-refractivity contribution in [2.75, 3.05) is 0 Å². The number of rotatable bonds is 6. The van der Waals surface area contributed by atoms with Gasteiger partial charge in [0.25, 0.3) is 0 Å². The van der Waals surface area contributed by atoms with Crippen LogP contribution in [0.2, 0.25) is 0 Å². The highest BCUT2D eigenvalue weighted by atomic mass is 14.5. The molecule has 0 saturated heterocycles. The summed E-state index contributed by atoms with van der Waals surface area (Å²) in [5.74, 6) is 11.8. The average molecular weight is 527 g/mol. The van der Waals surface area contributed by atoms with Gasteiger partial charge in [-0.1, -0.05) is 131 Å². The predicted molar refractivity (Wildman–Crippen MR) is 168 cm³/mol. The zero-order chi connectivity index (χ0) is 26.9. The summed E-state index contributed by atoms with van der Waals surface area (Å²) in [6.07, 6.45) is 33.6. The van der Waals surface area contributed by atoms with Crippen molar-refractivity contribution in [2.24, 2.45) is 65.1 Å². The second-order valence-corrected chi connectivity index (χ2v) is 15.8. The highest BCUT2D eigenvalue weighted by Gasteiger charge is 2.47. The van der Waals surface area contributed by atoms with Crippen LogP contribution in [0.15, 0.2) is 0 Å². The van der Waals surface area contributed by atoms with E-state index in [1.165, 1.54) is 96.3 Å². The maximum Gasteiger partial charge on any atom is -0.0324 e. The van der Waals surface area contributed by atoms with E-state index < -0.39 is 0 Å². The lowest BCUT2D eigenvalue weighted by Gasteiger charge is -2.48. The van der Waals surface area contributed by atoms with E-state index in [1.54, 1.807) is 44.9 Å². The van der Waals surface area contributed by atoms with Gasteiger partial charge in [-0.15, -0.1) is 0 Å². The minimum atomic E-state index is 1.00. The number of unbranched alkanes of at least 4 members (excludes halogenated alkanes) is 1. The smallest absolute Gasteiger partial charge is 0.0324 e. The van der Waals surface area contributed by atoms with E-state index in [0.29, 0.717) is 0 Å². The molecule has 0 aromatic heterocycles. The van der Waals surface area contributed by atoms with Crippen LogP contribution in [0.5, 0.6) is 0 Å². The lowest BCUT2D eigenvalue weighted by molar-refractivity contribution is 0.00764. The second-order valence-electron chi connectivity index (χ2n) is 15.8. The van der Waals surface area contributed by atoms with Crippen LogP contribution < -0.4 is 0 Å². The fourth-order valence-corrected chi connectivity index (χ4v) is 11.1. The van der Waals surface area contributed by atoms with Gasteiger partial charge in [-0.05, 0) is 110 Å². The molecule has 0 spiro atoms. The van der Waals surface area contributed by atoms with Gasteiger partial charge < -0.3 is 0 Å². The van der Waals surface area contributed by atoms with E-state index in [1.807, 2.05) is 0 Å². The van der Waals surface area contributed by atoms with Crippen molar-refractivity contribution in [1.29, 1.82) is 0 Å². The molecule has 10 unspecified atom stereocenters. The lowest BCUT2D eigenvalue weighted by Crippen LogP contribution is -2.41. The molecule has 5 aliphatic carbocycles. The minimum Gasteiger partial charge on any atom is -0.0654 e. The molecular formula is C38H70. The van der Waals surface area contributed by atoms with Crippen LogP contribution in [-0.4, -0.2) is 0 Å². The quantitative estimate of drug-likeness (QED) is 0.323. The number of hydrogen-bond donors (Lipinski definition) is 0. The fourth-order valence-electron chi connectivity index (χ4n) is 11.1. The van der Waals surface area contributed by atoms with Gasteiger partial charge in [0.1, 0.15) is 0 Å². The molecule has 0 nitrogen and oxygen atoms in total. The van der Waals surface area contributed by atoms with E-state index in [9.17, 15) is 0 Å². The molecule has 5 aliphatic rings. The van der Waals surface area contributed by atoms with E-state index in [2.05, 4.69) is 34.6 Å². The van der Waals surface area contributed by atoms with Gasteiger partial charge in [0.05, 0.1) is 0 Å². The molecule has 0 aromatic carbocycles. The summed E-state index contributed by atoms with van der Waals surface area (Å²) in [5.41, 5.74) is 0. The van der Waals surface area contributed by atoms with Crippen molar-refractivity contribution in [3.63, 3.8) is 0 Å². The Morgan fingerprint density at radius 1 is 0.526 bits per heavy atom. The summed E-state index contributed by atoms with van der Waals surface area (Å²) < 4.78 is 0. The van der Waals surface area contributed by atoms with Crippen LogP contribution in [0.3, 0.4) is 0 Å². The summed E-state index contributed by atoms with van der Waals surface area (Å²) in [6.45, 7) is 12.3. The molecule has 5 rings (SSSR count). The SMILES string of the molecule is CCC1CC(C)CCC1C1CCC(C)C1.CCCCC1C(C)CC2CCCC2C1C1CCCCCCCC1. The predicted octanol–water partition coefficient (Wildman–Crippen LogP) is 12.5. The number of hydrogen-bond acceptors (Lipinski definition) is 0. The van der Waals surface area contributed by atoms with Crippen molar-refractivity contribution < 1.29 is 0 Å². The summed E-state index contributed by atoms with van der Waals surface area (Å²) in [6, 6.07) is 0. The van der Waals surface area contributed by atoms with Crippen LogP contribution in [-0.2, 0) is 0 Å². The van der Waals surface area contributed by atoms with Crippen molar-refractivity contribution in [3.8, 4) is 0 Å². The van der Waals surface area contributed by atoms with E-state index >= 15 is 0 Å². The Bertz CT molecular complexity index is 624. The highest BCUT2D eigenvalue weighted by Crippen LogP contribution is 2.55.